The van der Waals surface area contributed by atoms with Gasteiger partial charge in [-0.25, -0.2) is 0 Å². The Morgan fingerprint density at radius 1 is 1.45 bits per heavy atom. The highest BCUT2D eigenvalue weighted by Crippen LogP contribution is 2.35. The van der Waals surface area contributed by atoms with Crippen LogP contribution >= 0.6 is 11.6 Å². The van der Waals surface area contributed by atoms with E-state index in [9.17, 15) is 10.1 Å². The zero-order chi connectivity index (χ0) is 14.8. The molecule has 1 aromatic rings. The summed E-state index contributed by atoms with van der Waals surface area (Å²) in [5.74, 6) is 0. The lowest BCUT2D eigenvalue weighted by atomic mass is 9.75. The van der Waals surface area contributed by atoms with Crippen molar-refractivity contribution < 1.29 is 4.92 Å². The number of nitrogens with zero attached hydrogens (tertiary/aromatic N) is 2. The maximum absolute atomic E-state index is 10.8. The molecule has 0 aromatic heterocycles. The van der Waals surface area contributed by atoms with Gasteiger partial charge in [0.1, 0.15) is 0 Å². The molecule has 5 nitrogen and oxygen atoms in total. The molecule has 1 aliphatic carbocycles. The number of hydrogen-bond acceptors (Lipinski definition) is 4. The smallest absolute Gasteiger partial charge is 0.269 e. The number of nitro groups is 1. The molecule has 2 rings (SSSR count). The number of benzene rings is 1. The van der Waals surface area contributed by atoms with Crippen molar-refractivity contribution in [2.24, 2.45) is 0 Å². The lowest BCUT2D eigenvalue weighted by Crippen LogP contribution is -2.56. The van der Waals surface area contributed by atoms with Crippen LogP contribution in [0.2, 0.25) is 5.02 Å². The summed E-state index contributed by atoms with van der Waals surface area (Å²) in [4.78, 5) is 12.6. The standard InChI is InChI=1S/C14H20ClN3O2/c1-17(2)14(6-3-7-14)10-16-9-11-8-12(18(19)20)4-5-13(11)15/h4-5,8,16H,3,6-7,9-10H2,1-2H3. The third-order valence-corrected chi connectivity index (χ3v) is 4.61. The first kappa shape index (κ1) is 15.2. The fourth-order valence-corrected chi connectivity index (χ4v) is 2.79. The highest BCUT2D eigenvalue weighted by atomic mass is 35.5. The van der Waals surface area contributed by atoms with Crippen molar-refractivity contribution in [1.82, 2.24) is 10.2 Å². The predicted octanol–water partition coefficient (Wildman–Crippen LogP) is 2.82. The van der Waals surface area contributed by atoms with E-state index in [1.807, 2.05) is 0 Å². The maximum atomic E-state index is 10.8. The first-order chi connectivity index (χ1) is 9.44. The number of non-ortho nitro benzene ring substituents is 1. The zero-order valence-electron chi connectivity index (χ0n) is 11.9. The van der Waals surface area contributed by atoms with Gasteiger partial charge in [-0.05, 0) is 45.0 Å². The lowest BCUT2D eigenvalue weighted by molar-refractivity contribution is -0.384. The molecule has 0 spiro atoms. The summed E-state index contributed by atoms with van der Waals surface area (Å²) in [7, 11) is 4.20. The van der Waals surface area contributed by atoms with Gasteiger partial charge in [-0.15, -0.1) is 0 Å². The van der Waals surface area contributed by atoms with E-state index in [4.69, 9.17) is 11.6 Å². The van der Waals surface area contributed by atoms with Crippen LogP contribution in [0.4, 0.5) is 5.69 Å². The first-order valence-corrected chi connectivity index (χ1v) is 7.13. The summed E-state index contributed by atoms with van der Waals surface area (Å²) >= 11 is 6.09. The van der Waals surface area contributed by atoms with E-state index in [2.05, 4.69) is 24.3 Å². The quantitative estimate of drug-likeness (QED) is 0.648. The molecule has 20 heavy (non-hydrogen) atoms. The number of likely N-dealkylation sites (N-methyl/N-ethyl adjacent to an activating group) is 1. The number of hydrogen-bond donors (Lipinski definition) is 1. The van der Waals surface area contributed by atoms with Crippen molar-refractivity contribution in [2.75, 3.05) is 20.6 Å². The highest BCUT2D eigenvalue weighted by Gasteiger charge is 2.38. The molecule has 0 heterocycles. The van der Waals surface area contributed by atoms with Crippen LogP contribution in [0.15, 0.2) is 18.2 Å². The van der Waals surface area contributed by atoms with Gasteiger partial charge in [-0.2, -0.15) is 0 Å². The Morgan fingerprint density at radius 2 is 2.15 bits per heavy atom. The van der Waals surface area contributed by atoms with Crippen molar-refractivity contribution in [3.05, 3.63) is 38.9 Å². The molecule has 1 fully saturated rings. The van der Waals surface area contributed by atoms with Crippen molar-refractivity contribution >= 4 is 17.3 Å². The fourth-order valence-electron chi connectivity index (χ4n) is 2.61. The van der Waals surface area contributed by atoms with E-state index in [0.29, 0.717) is 11.6 Å². The van der Waals surface area contributed by atoms with Gasteiger partial charge in [0.05, 0.1) is 4.92 Å². The molecule has 1 aliphatic rings. The first-order valence-electron chi connectivity index (χ1n) is 6.76. The fraction of sp³-hybridized carbons (Fsp3) is 0.571. The lowest BCUT2D eigenvalue weighted by Gasteiger charge is -2.47. The van der Waals surface area contributed by atoms with Crippen LogP contribution in [0, 0.1) is 10.1 Å². The molecule has 0 bridgehead atoms. The van der Waals surface area contributed by atoms with Gasteiger partial charge in [0.25, 0.3) is 5.69 Å². The summed E-state index contributed by atoms with van der Waals surface area (Å²) in [6.45, 7) is 1.43. The van der Waals surface area contributed by atoms with Crippen LogP contribution in [0.1, 0.15) is 24.8 Å². The summed E-state index contributed by atoms with van der Waals surface area (Å²) in [5.41, 5.74) is 1.08. The molecule has 0 unspecified atom stereocenters. The second-order valence-electron chi connectivity index (χ2n) is 5.61. The third kappa shape index (κ3) is 3.11. The van der Waals surface area contributed by atoms with Gasteiger partial charge in [0.2, 0.25) is 0 Å². The Balaban J connectivity index is 1.97. The molecular formula is C14H20ClN3O2. The van der Waals surface area contributed by atoms with Crippen LogP contribution in [-0.2, 0) is 6.54 Å². The van der Waals surface area contributed by atoms with Crippen LogP contribution < -0.4 is 5.32 Å². The Bertz CT molecular complexity index is 501. The molecule has 0 amide bonds. The molecule has 110 valence electrons. The zero-order valence-corrected chi connectivity index (χ0v) is 12.6. The average Bonchev–Trinajstić information content (AvgIpc) is 2.33. The molecule has 1 saturated carbocycles. The summed E-state index contributed by atoms with van der Waals surface area (Å²) in [6, 6.07) is 4.55. The van der Waals surface area contributed by atoms with Gasteiger partial charge in [0, 0.05) is 35.8 Å². The van der Waals surface area contributed by atoms with E-state index >= 15 is 0 Å². The third-order valence-electron chi connectivity index (χ3n) is 4.24. The maximum Gasteiger partial charge on any atom is 0.269 e. The normalized spacial score (nSPS) is 17.0. The Kier molecular flexibility index (Phi) is 4.62. The molecule has 0 atom stereocenters. The SMILES string of the molecule is CN(C)C1(CNCc2cc([N+](=O)[O-])ccc2Cl)CCC1. The Morgan fingerprint density at radius 3 is 2.65 bits per heavy atom. The molecule has 0 aliphatic heterocycles. The molecule has 6 heteroatoms. The van der Waals surface area contributed by atoms with Crippen LogP contribution in [0.25, 0.3) is 0 Å². The van der Waals surface area contributed by atoms with Crippen molar-refractivity contribution in [2.45, 2.75) is 31.3 Å². The molecule has 0 saturated heterocycles. The average molecular weight is 298 g/mol. The topological polar surface area (TPSA) is 58.4 Å². The van der Waals surface area contributed by atoms with Crippen LogP contribution in [0.3, 0.4) is 0 Å². The van der Waals surface area contributed by atoms with Crippen LogP contribution in [0.5, 0.6) is 0 Å². The van der Waals surface area contributed by atoms with Gasteiger partial charge in [0.15, 0.2) is 0 Å². The molecule has 1 aromatic carbocycles. The van der Waals surface area contributed by atoms with E-state index in [0.717, 1.165) is 12.1 Å². The largest absolute Gasteiger partial charge is 0.311 e. The monoisotopic (exact) mass is 297 g/mol. The van der Waals surface area contributed by atoms with E-state index in [1.165, 1.54) is 25.3 Å². The van der Waals surface area contributed by atoms with Crippen LogP contribution in [-0.4, -0.2) is 36.0 Å². The van der Waals surface area contributed by atoms with Gasteiger partial charge in [-0.3, -0.25) is 10.1 Å². The van der Waals surface area contributed by atoms with E-state index < -0.39 is 4.92 Å². The van der Waals surface area contributed by atoms with Crippen molar-refractivity contribution in [3.63, 3.8) is 0 Å². The summed E-state index contributed by atoms with van der Waals surface area (Å²) < 4.78 is 0. The Labute approximate surface area is 124 Å². The van der Waals surface area contributed by atoms with Gasteiger partial charge in [-0.1, -0.05) is 11.6 Å². The minimum atomic E-state index is -0.396. The van der Waals surface area contributed by atoms with E-state index in [-0.39, 0.29) is 11.2 Å². The summed E-state index contributed by atoms with van der Waals surface area (Å²) in [5, 5.41) is 14.7. The molecule has 1 N–H and O–H groups in total. The minimum Gasteiger partial charge on any atom is -0.311 e. The number of nitrogens with one attached hydrogen (secondary N) is 1. The second-order valence-corrected chi connectivity index (χ2v) is 6.02. The van der Waals surface area contributed by atoms with Crippen molar-refractivity contribution in [1.29, 1.82) is 0 Å². The second kappa shape index (κ2) is 6.08. The number of halogens is 1. The van der Waals surface area contributed by atoms with Gasteiger partial charge >= 0.3 is 0 Å². The molecular weight excluding hydrogens is 278 g/mol. The highest BCUT2D eigenvalue weighted by molar-refractivity contribution is 6.31. The molecule has 0 radical (unpaired) electrons. The Hall–Kier alpha value is -1.17. The number of nitro benzene ring substituents is 1. The van der Waals surface area contributed by atoms with Gasteiger partial charge < -0.3 is 10.2 Å². The summed E-state index contributed by atoms with van der Waals surface area (Å²) in [6.07, 6.45) is 3.64. The van der Waals surface area contributed by atoms with Crippen molar-refractivity contribution in [3.8, 4) is 0 Å². The minimum absolute atomic E-state index is 0.0807. The van der Waals surface area contributed by atoms with E-state index in [1.54, 1.807) is 12.1 Å². The number of rotatable bonds is 6. The predicted molar refractivity (Wildman–Crippen MR) is 80.1 cm³/mol.